The maximum Gasteiger partial charge on any atom is 0.303 e. The highest BCUT2D eigenvalue weighted by molar-refractivity contribution is 5.66. The quantitative estimate of drug-likeness (QED) is 0.107. The number of carbonyl (C=O) groups is 1. The zero-order valence-corrected chi connectivity index (χ0v) is 25.0. The van der Waals surface area contributed by atoms with Gasteiger partial charge < -0.3 is 28.8 Å². The molecule has 0 amide bonds. The molecule has 0 fully saturated rings. The Labute approximate surface area is 228 Å². The molecule has 0 heterocycles. The van der Waals surface area contributed by atoms with Gasteiger partial charge in [0.25, 0.3) is 0 Å². The smallest absolute Gasteiger partial charge is 0.303 e. The van der Waals surface area contributed by atoms with Crippen molar-refractivity contribution in [3.63, 3.8) is 0 Å². The molecule has 5 unspecified atom stereocenters. The van der Waals surface area contributed by atoms with Crippen molar-refractivity contribution >= 4 is 5.97 Å². The van der Waals surface area contributed by atoms with E-state index in [9.17, 15) is 4.79 Å². The molecule has 0 radical (unpaired) electrons. The van der Waals surface area contributed by atoms with Gasteiger partial charge in [-0.1, -0.05) is 64.7 Å². The largest absolute Gasteiger partial charge is 0.481 e. The highest BCUT2D eigenvalue weighted by atomic mass is 16.6. The molecule has 1 N–H and O–H groups in total. The van der Waals surface area contributed by atoms with E-state index in [1.165, 1.54) is 51.4 Å². The van der Waals surface area contributed by atoms with E-state index in [2.05, 4.69) is 20.8 Å². The minimum Gasteiger partial charge on any atom is -0.481 e. The van der Waals surface area contributed by atoms with Gasteiger partial charge in [-0.15, -0.1) is 0 Å². The van der Waals surface area contributed by atoms with E-state index in [1.807, 2.05) is 20.8 Å². The van der Waals surface area contributed by atoms with Gasteiger partial charge in [0.1, 0.15) is 0 Å². The average Bonchev–Trinajstić information content (AvgIpc) is 2.87. The van der Waals surface area contributed by atoms with Crippen molar-refractivity contribution < 1.29 is 33.6 Å². The Bertz CT molecular complexity index is 502. The molecule has 222 valence electrons. The molecule has 0 saturated carbocycles. The van der Waals surface area contributed by atoms with Crippen molar-refractivity contribution in [3.05, 3.63) is 0 Å². The molecule has 0 aliphatic rings. The minimum atomic E-state index is -0.676. The first-order valence-corrected chi connectivity index (χ1v) is 15.0. The maximum absolute atomic E-state index is 10.5. The van der Waals surface area contributed by atoms with Crippen LogP contribution in [0.4, 0.5) is 0 Å². The van der Waals surface area contributed by atoms with Crippen LogP contribution in [-0.4, -0.2) is 74.6 Å². The van der Waals surface area contributed by atoms with Crippen molar-refractivity contribution in [2.24, 2.45) is 0 Å². The average molecular weight is 533 g/mol. The zero-order chi connectivity index (χ0) is 27.7. The summed E-state index contributed by atoms with van der Waals surface area (Å²) in [6.07, 6.45) is 14.8. The molecular weight excluding hydrogens is 472 g/mol. The molecule has 0 aliphatic carbocycles. The second kappa shape index (κ2) is 25.5. The number of carboxylic acid groups (broad SMARTS) is 1. The summed E-state index contributed by atoms with van der Waals surface area (Å²) in [6, 6.07) is 0. The van der Waals surface area contributed by atoms with Crippen LogP contribution < -0.4 is 0 Å². The third-order valence-corrected chi connectivity index (χ3v) is 6.32. The van der Waals surface area contributed by atoms with Gasteiger partial charge in [-0.2, -0.15) is 0 Å². The summed E-state index contributed by atoms with van der Waals surface area (Å²) in [5.41, 5.74) is 0. The van der Waals surface area contributed by atoms with Gasteiger partial charge in [0, 0.05) is 13.0 Å². The van der Waals surface area contributed by atoms with Crippen LogP contribution in [0, 0.1) is 0 Å². The SMILES string of the molecule is CCCOC(C)COC(C)COC(C)COC(C)COC(C)CCCCCCCCCCCCC(=O)O. The molecule has 0 aliphatic heterocycles. The van der Waals surface area contributed by atoms with Crippen LogP contribution in [0.25, 0.3) is 0 Å². The normalized spacial score (nSPS) is 15.8. The number of unbranched alkanes of at least 4 members (excludes halogenated alkanes) is 9. The number of hydrogen-bond donors (Lipinski definition) is 1. The molecule has 0 aromatic carbocycles. The third-order valence-electron chi connectivity index (χ3n) is 6.32. The second-order valence-electron chi connectivity index (χ2n) is 10.7. The standard InChI is InChI=1S/C30H60O7/c1-7-20-33-26(3)21-35-28(5)23-37-29(6)24-36-27(4)22-34-25(2)18-16-14-12-10-8-9-11-13-15-17-19-30(31)32/h25-29H,7-24H2,1-6H3,(H,31,32). The predicted octanol–water partition coefficient (Wildman–Crippen LogP) is 7.19. The van der Waals surface area contributed by atoms with E-state index in [1.54, 1.807) is 0 Å². The van der Waals surface area contributed by atoms with E-state index in [0.717, 1.165) is 32.3 Å². The van der Waals surface area contributed by atoms with Crippen molar-refractivity contribution in [1.82, 2.24) is 0 Å². The van der Waals surface area contributed by atoms with Gasteiger partial charge in [0.15, 0.2) is 0 Å². The molecular formula is C30H60O7. The van der Waals surface area contributed by atoms with E-state index >= 15 is 0 Å². The van der Waals surface area contributed by atoms with Crippen LogP contribution in [0.3, 0.4) is 0 Å². The van der Waals surface area contributed by atoms with Crippen molar-refractivity contribution in [2.45, 2.75) is 156 Å². The highest BCUT2D eigenvalue weighted by Crippen LogP contribution is 2.13. The second-order valence-corrected chi connectivity index (χ2v) is 10.7. The Hall–Kier alpha value is -0.730. The molecule has 0 rings (SSSR count). The van der Waals surface area contributed by atoms with Crippen LogP contribution in [-0.2, 0) is 28.5 Å². The van der Waals surface area contributed by atoms with Crippen molar-refractivity contribution in [1.29, 1.82) is 0 Å². The topological polar surface area (TPSA) is 83.5 Å². The number of rotatable bonds is 28. The van der Waals surface area contributed by atoms with Crippen LogP contribution in [0.15, 0.2) is 0 Å². The molecule has 7 nitrogen and oxygen atoms in total. The van der Waals surface area contributed by atoms with Gasteiger partial charge in [0.05, 0.1) is 56.9 Å². The Morgan fingerprint density at radius 2 is 0.892 bits per heavy atom. The minimum absolute atomic E-state index is 0.0108. The van der Waals surface area contributed by atoms with Gasteiger partial charge in [-0.05, 0) is 53.9 Å². The molecule has 7 heteroatoms. The summed E-state index contributed by atoms with van der Waals surface area (Å²) in [7, 11) is 0. The number of ether oxygens (including phenoxy) is 5. The monoisotopic (exact) mass is 532 g/mol. The molecule has 0 bridgehead atoms. The number of hydrogen-bond acceptors (Lipinski definition) is 6. The zero-order valence-electron chi connectivity index (χ0n) is 25.0. The fraction of sp³-hybridized carbons (Fsp3) is 0.967. The Morgan fingerprint density at radius 3 is 1.30 bits per heavy atom. The van der Waals surface area contributed by atoms with Gasteiger partial charge in [-0.3, -0.25) is 4.79 Å². The lowest BCUT2D eigenvalue weighted by atomic mass is 10.0. The van der Waals surface area contributed by atoms with Gasteiger partial charge in [-0.25, -0.2) is 0 Å². The summed E-state index contributed by atoms with van der Waals surface area (Å²) < 4.78 is 29.2. The van der Waals surface area contributed by atoms with Crippen molar-refractivity contribution in [3.8, 4) is 0 Å². The lowest BCUT2D eigenvalue weighted by Crippen LogP contribution is -2.28. The van der Waals surface area contributed by atoms with E-state index in [0.29, 0.717) is 32.8 Å². The lowest BCUT2D eigenvalue weighted by molar-refractivity contribution is -0.137. The summed E-state index contributed by atoms with van der Waals surface area (Å²) in [5.74, 6) is -0.676. The van der Waals surface area contributed by atoms with Gasteiger partial charge >= 0.3 is 5.97 Å². The summed E-state index contributed by atoms with van der Waals surface area (Å²) in [6.45, 7) is 15.4. The molecule has 0 aromatic rings. The lowest BCUT2D eigenvalue weighted by Gasteiger charge is -2.22. The molecule has 0 aromatic heterocycles. The summed E-state index contributed by atoms with van der Waals surface area (Å²) >= 11 is 0. The third kappa shape index (κ3) is 26.7. The van der Waals surface area contributed by atoms with Crippen LogP contribution in [0.1, 0.15) is 125 Å². The Balaban J connectivity index is 3.57. The Kier molecular flexibility index (Phi) is 25.0. The molecule has 0 spiro atoms. The summed E-state index contributed by atoms with van der Waals surface area (Å²) in [4.78, 5) is 10.5. The van der Waals surface area contributed by atoms with E-state index in [4.69, 9.17) is 28.8 Å². The van der Waals surface area contributed by atoms with Crippen LogP contribution >= 0.6 is 0 Å². The maximum atomic E-state index is 10.5. The molecule has 0 saturated heterocycles. The van der Waals surface area contributed by atoms with E-state index in [-0.39, 0.29) is 30.5 Å². The highest BCUT2D eigenvalue weighted by Gasteiger charge is 2.12. The van der Waals surface area contributed by atoms with Gasteiger partial charge in [0.2, 0.25) is 0 Å². The Morgan fingerprint density at radius 1 is 0.541 bits per heavy atom. The fourth-order valence-corrected chi connectivity index (χ4v) is 3.92. The first-order chi connectivity index (χ1) is 17.7. The predicted molar refractivity (Wildman–Crippen MR) is 150 cm³/mol. The number of carboxylic acids is 1. The first kappa shape index (κ1) is 36.3. The van der Waals surface area contributed by atoms with Crippen LogP contribution in [0.5, 0.6) is 0 Å². The summed E-state index contributed by atoms with van der Waals surface area (Å²) in [5, 5.41) is 8.63. The van der Waals surface area contributed by atoms with E-state index < -0.39 is 5.97 Å². The molecule has 37 heavy (non-hydrogen) atoms. The fourth-order valence-electron chi connectivity index (χ4n) is 3.92. The molecule has 5 atom stereocenters. The number of aliphatic carboxylic acids is 1. The first-order valence-electron chi connectivity index (χ1n) is 15.0. The van der Waals surface area contributed by atoms with Crippen LogP contribution in [0.2, 0.25) is 0 Å². The van der Waals surface area contributed by atoms with Crippen molar-refractivity contribution in [2.75, 3.05) is 33.0 Å².